The number of nitrogens with zero attached hydrogens (tertiary/aromatic N) is 1. The molecule has 0 aromatic carbocycles. The molecule has 0 aliphatic rings. The van der Waals surface area contributed by atoms with E-state index in [9.17, 15) is 19.4 Å². The highest BCUT2D eigenvalue weighted by molar-refractivity contribution is 7.45. The minimum atomic E-state index is -4.57. The Bertz CT molecular complexity index is 1120. The number of rotatable bonds is 60. The molecule has 0 aliphatic carbocycles. The molecule has 0 aromatic heterocycles. The molecule has 0 spiro atoms. The van der Waals surface area contributed by atoms with Gasteiger partial charge in [0.1, 0.15) is 13.2 Å². The van der Waals surface area contributed by atoms with Gasteiger partial charge in [0.2, 0.25) is 5.91 Å². The van der Waals surface area contributed by atoms with E-state index in [1.807, 2.05) is 21.1 Å². The molecule has 1 amide bonds. The number of hydrogen-bond acceptors (Lipinski definition) is 6. The van der Waals surface area contributed by atoms with Gasteiger partial charge in [0.25, 0.3) is 7.82 Å². The number of quaternary nitrogens is 1. The number of aliphatic hydroxyl groups excluding tert-OH is 1. The number of carbonyl (C=O) groups is 1. The van der Waals surface area contributed by atoms with Crippen LogP contribution in [0.2, 0.25) is 0 Å². The van der Waals surface area contributed by atoms with Crippen molar-refractivity contribution in [2.24, 2.45) is 0 Å². The van der Waals surface area contributed by atoms with Crippen LogP contribution >= 0.6 is 7.82 Å². The largest absolute Gasteiger partial charge is 0.756 e. The monoisotopic (exact) mass is 1030 g/mol. The maximum atomic E-state index is 13.0. The average molecular weight is 1030 g/mol. The predicted molar refractivity (Wildman–Crippen MR) is 307 cm³/mol. The van der Waals surface area contributed by atoms with Crippen LogP contribution < -0.4 is 10.2 Å². The van der Waals surface area contributed by atoms with Gasteiger partial charge in [-0.3, -0.25) is 9.36 Å². The van der Waals surface area contributed by atoms with E-state index in [2.05, 4.69) is 19.2 Å². The SMILES string of the molecule is CCCCCCCCCCCCCCCCCCCCCCCCCCCCCCCCCCCCCCC(=O)NC(COP(=O)([O-])OCC[N+](C)(C)C)C(O)CCCCCCCCCCCCCCC. The Hall–Kier alpha value is -0.500. The van der Waals surface area contributed by atoms with Crippen molar-refractivity contribution in [2.45, 2.75) is 353 Å². The van der Waals surface area contributed by atoms with Crippen LogP contribution in [0.4, 0.5) is 0 Å². The Balaban J connectivity index is 3.84. The van der Waals surface area contributed by atoms with E-state index >= 15 is 0 Å². The Kier molecular flexibility index (Phi) is 53.9. The fraction of sp³-hybridized carbons (Fsp3) is 0.984. The standard InChI is InChI=1S/C62H127N2O6P/c1-6-8-10-12-14-16-18-20-21-22-23-24-25-26-27-28-29-30-31-32-33-34-35-36-37-38-39-40-41-42-44-46-48-50-52-54-56-62(66)63-60(59-70-71(67,68)69-58-57-64(3,4)5)61(65)55-53-51-49-47-45-43-19-17-15-13-11-9-7-2/h60-61,65H,6-59H2,1-5H3,(H-,63,66,67,68). The maximum Gasteiger partial charge on any atom is 0.268 e. The fourth-order valence-electron chi connectivity index (χ4n) is 10.1. The van der Waals surface area contributed by atoms with E-state index in [1.165, 1.54) is 276 Å². The molecule has 3 unspecified atom stereocenters. The Morgan fingerprint density at radius 1 is 0.437 bits per heavy atom. The molecule has 2 N–H and O–H groups in total. The summed E-state index contributed by atoms with van der Waals surface area (Å²) in [6, 6.07) is -0.794. The quantitative estimate of drug-likeness (QED) is 0.0357. The first-order valence-electron chi connectivity index (χ1n) is 31.9. The van der Waals surface area contributed by atoms with Gasteiger partial charge in [-0.05, 0) is 12.8 Å². The molecule has 426 valence electrons. The summed E-state index contributed by atoms with van der Waals surface area (Å²) < 4.78 is 23.4. The summed E-state index contributed by atoms with van der Waals surface area (Å²) in [6.07, 6.45) is 66.1. The number of hydrogen-bond donors (Lipinski definition) is 2. The van der Waals surface area contributed by atoms with Crippen molar-refractivity contribution >= 4 is 13.7 Å². The smallest absolute Gasteiger partial charge is 0.268 e. The fourth-order valence-corrected chi connectivity index (χ4v) is 10.8. The van der Waals surface area contributed by atoms with Crippen LogP contribution in [0.3, 0.4) is 0 Å². The van der Waals surface area contributed by atoms with E-state index in [0.29, 0.717) is 23.9 Å². The number of aliphatic hydroxyl groups is 1. The first kappa shape index (κ1) is 70.5. The summed E-state index contributed by atoms with van der Waals surface area (Å²) in [5.74, 6) is -0.157. The highest BCUT2D eigenvalue weighted by atomic mass is 31.2. The van der Waals surface area contributed by atoms with Crippen molar-refractivity contribution in [3.8, 4) is 0 Å². The highest BCUT2D eigenvalue weighted by Gasteiger charge is 2.24. The molecule has 0 radical (unpaired) electrons. The third-order valence-corrected chi connectivity index (χ3v) is 16.1. The van der Waals surface area contributed by atoms with Gasteiger partial charge in [0.05, 0.1) is 39.9 Å². The molecule has 8 nitrogen and oxygen atoms in total. The summed E-state index contributed by atoms with van der Waals surface area (Å²) in [5, 5.41) is 14.0. The lowest BCUT2D eigenvalue weighted by molar-refractivity contribution is -0.870. The van der Waals surface area contributed by atoms with Crippen LogP contribution in [0.1, 0.15) is 341 Å². The van der Waals surface area contributed by atoms with Crippen molar-refractivity contribution in [1.82, 2.24) is 5.32 Å². The third-order valence-electron chi connectivity index (χ3n) is 15.1. The molecule has 3 atom stereocenters. The number of amides is 1. The summed E-state index contributed by atoms with van der Waals surface area (Å²) in [5.41, 5.74) is 0. The molecular formula is C62H127N2O6P. The summed E-state index contributed by atoms with van der Waals surface area (Å²) >= 11 is 0. The first-order chi connectivity index (χ1) is 34.5. The third kappa shape index (κ3) is 57.1. The van der Waals surface area contributed by atoms with Gasteiger partial charge < -0.3 is 28.8 Å². The minimum absolute atomic E-state index is 0.0164. The van der Waals surface area contributed by atoms with Crippen molar-refractivity contribution in [2.75, 3.05) is 40.9 Å². The number of unbranched alkanes of at least 4 members (excludes halogenated alkanes) is 47. The zero-order valence-corrected chi connectivity index (χ0v) is 49.6. The van der Waals surface area contributed by atoms with Crippen LogP contribution in [0.5, 0.6) is 0 Å². The molecule has 0 rings (SSSR count). The molecule has 0 bridgehead atoms. The molecule has 0 saturated heterocycles. The summed E-state index contributed by atoms with van der Waals surface area (Å²) in [6.45, 7) is 4.77. The molecule has 71 heavy (non-hydrogen) atoms. The molecule has 0 aliphatic heterocycles. The number of nitrogens with one attached hydrogen (secondary N) is 1. The van der Waals surface area contributed by atoms with E-state index in [0.717, 1.165) is 38.5 Å². The van der Waals surface area contributed by atoms with Crippen LogP contribution in [0, 0.1) is 0 Å². The number of likely N-dealkylation sites (N-methyl/N-ethyl adjacent to an activating group) is 1. The molecular weight excluding hydrogens is 900 g/mol. The lowest BCUT2D eigenvalue weighted by Crippen LogP contribution is -2.46. The van der Waals surface area contributed by atoms with Crippen LogP contribution in [0.15, 0.2) is 0 Å². The molecule has 0 aromatic rings. The van der Waals surface area contributed by atoms with E-state index in [1.54, 1.807) is 0 Å². The lowest BCUT2D eigenvalue weighted by Gasteiger charge is -2.30. The first-order valence-corrected chi connectivity index (χ1v) is 33.3. The van der Waals surface area contributed by atoms with Crippen molar-refractivity contribution < 1.29 is 32.9 Å². The minimum Gasteiger partial charge on any atom is -0.756 e. The van der Waals surface area contributed by atoms with Gasteiger partial charge in [-0.15, -0.1) is 0 Å². The molecule has 0 heterocycles. The van der Waals surface area contributed by atoms with Gasteiger partial charge >= 0.3 is 0 Å². The van der Waals surface area contributed by atoms with E-state index < -0.39 is 20.0 Å². The topological polar surface area (TPSA) is 108 Å². The van der Waals surface area contributed by atoms with Gasteiger partial charge in [-0.1, -0.05) is 322 Å². The highest BCUT2D eigenvalue weighted by Crippen LogP contribution is 2.38. The second-order valence-electron chi connectivity index (χ2n) is 23.5. The Morgan fingerprint density at radius 2 is 0.690 bits per heavy atom. The zero-order chi connectivity index (χ0) is 52.0. The van der Waals surface area contributed by atoms with Crippen molar-refractivity contribution in [1.29, 1.82) is 0 Å². The zero-order valence-electron chi connectivity index (χ0n) is 48.7. The average Bonchev–Trinajstić information content (AvgIpc) is 3.33. The maximum absolute atomic E-state index is 13.0. The van der Waals surface area contributed by atoms with Gasteiger partial charge in [-0.25, -0.2) is 0 Å². The molecule has 0 fully saturated rings. The Morgan fingerprint density at radius 3 is 0.958 bits per heavy atom. The second kappa shape index (κ2) is 54.3. The van der Waals surface area contributed by atoms with Gasteiger partial charge in [0, 0.05) is 6.42 Å². The summed E-state index contributed by atoms with van der Waals surface area (Å²) in [4.78, 5) is 25.5. The van der Waals surface area contributed by atoms with Gasteiger partial charge in [-0.2, -0.15) is 0 Å². The van der Waals surface area contributed by atoms with Crippen LogP contribution in [0.25, 0.3) is 0 Å². The van der Waals surface area contributed by atoms with Gasteiger partial charge in [0.15, 0.2) is 0 Å². The normalized spacial score (nSPS) is 13.7. The van der Waals surface area contributed by atoms with Crippen molar-refractivity contribution in [3.05, 3.63) is 0 Å². The van der Waals surface area contributed by atoms with E-state index in [-0.39, 0.29) is 19.1 Å². The van der Waals surface area contributed by atoms with E-state index in [4.69, 9.17) is 9.05 Å². The Labute approximate surface area is 444 Å². The van der Waals surface area contributed by atoms with Crippen molar-refractivity contribution in [3.63, 3.8) is 0 Å². The lowest BCUT2D eigenvalue weighted by atomic mass is 10.0. The van der Waals surface area contributed by atoms with Crippen LogP contribution in [-0.2, 0) is 18.4 Å². The number of phosphoric acid groups is 1. The summed E-state index contributed by atoms with van der Waals surface area (Å²) in [7, 11) is 1.32. The van der Waals surface area contributed by atoms with Crippen LogP contribution in [-0.4, -0.2) is 68.5 Å². The predicted octanol–water partition coefficient (Wildman–Crippen LogP) is 19.0. The number of carbonyl (C=O) groups excluding carboxylic acids is 1. The second-order valence-corrected chi connectivity index (χ2v) is 24.9. The molecule has 0 saturated carbocycles. The number of phosphoric ester groups is 1. The molecule has 9 heteroatoms.